The fourth-order valence-electron chi connectivity index (χ4n) is 2.16. The van der Waals surface area contributed by atoms with Crippen LogP contribution in [0.1, 0.15) is 12.8 Å². The van der Waals surface area contributed by atoms with E-state index in [1.54, 1.807) is 4.90 Å². The highest BCUT2D eigenvalue weighted by atomic mass is 79.9. The number of carbonyl (C=O) groups is 1. The molecular weight excluding hydrogens is 363 g/mol. The Morgan fingerprint density at radius 2 is 2.00 bits per heavy atom. The third kappa shape index (κ3) is 3.61. The average Bonchev–Trinajstić information content (AvgIpc) is 2.95. The second-order valence-electron chi connectivity index (χ2n) is 4.92. The van der Waals surface area contributed by atoms with Crippen LogP contribution in [0.15, 0.2) is 27.6 Å². The molecule has 21 heavy (non-hydrogen) atoms. The molecule has 0 saturated carbocycles. The summed E-state index contributed by atoms with van der Waals surface area (Å²) in [4.78, 5) is 13.5. The van der Waals surface area contributed by atoms with Crippen molar-refractivity contribution >= 4 is 31.9 Å². The highest BCUT2D eigenvalue weighted by Gasteiger charge is 2.26. The first kappa shape index (κ1) is 16.4. The van der Waals surface area contributed by atoms with Crippen LogP contribution in [0.4, 0.5) is 4.39 Å². The Labute approximate surface area is 131 Å². The van der Waals surface area contributed by atoms with Gasteiger partial charge in [-0.1, -0.05) is 0 Å². The topological polar surface area (TPSA) is 57.7 Å². The number of benzene rings is 1. The van der Waals surface area contributed by atoms with E-state index in [0.29, 0.717) is 13.1 Å². The van der Waals surface area contributed by atoms with Crippen LogP contribution >= 0.6 is 15.9 Å². The highest BCUT2D eigenvalue weighted by molar-refractivity contribution is 9.10. The molecule has 5 nitrogen and oxygen atoms in total. The largest absolute Gasteiger partial charge is 0.342 e. The van der Waals surface area contributed by atoms with Gasteiger partial charge in [0.15, 0.2) is 0 Å². The van der Waals surface area contributed by atoms with E-state index in [4.69, 9.17) is 0 Å². The number of carbonyl (C=O) groups excluding carboxylic acids is 1. The predicted molar refractivity (Wildman–Crippen MR) is 79.7 cm³/mol. The van der Waals surface area contributed by atoms with Crippen molar-refractivity contribution in [1.82, 2.24) is 9.21 Å². The molecule has 0 aromatic heterocycles. The van der Waals surface area contributed by atoms with E-state index in [9.17, 15) is 17.6 Å². The first-order valence-corrected chi connectivity index (χ1v) is 8.75. The number of hydrogen-bond acceptors (Lipinski definition) is 3. The first-order chi connectivity index (χ1) is 9.82. The van der Waals surface area contributed by atoms with Crippen molar-refractivity contribution < 1.29 is 17.6 Å². The third-order valence-corrected chi connectivity index (χ3v) is 5.86. The van der Waals surface area contributed by atoms with Crippen LogP contribution in [0.3, 0.4) is 0 Å². The standard InChI is InChI=1S/C13H16BrFN2O3S/c1-16(9-13(18)17-6-2-3-7-17)21(19,20)10-4-5-11(14)12(15)8-10/h4-5,8H,2-3,6-7,9H2,1H3. The molecule has 0 spiro atoms. The van der Waals surface area contributed by atoms with E-state index in [2.05, 4.69) is 15.9 Å². The summed E-state index contributed by atoms with van der Waals surface area (Å²) in [6.07, 6.45) is 1.89. The summed E-state index contributed by atoms with van der Waals surface area (Å²) in [5.74, 6) is -0.883. The number of likely N-dealkylation sites (N-methyl/N-ethyl adjacent to an activating group) is 1. The zero-order valence-electron chi connectivity index (χ0n) is 11.6. The molecule has 2 rings (SSSR count). The van der Waals surface area contributed by atoms with Gasteiger partial charge in [-0.15, -0.1) is 0 Å². The fraction of sp³-hybridized carbons (Fsp3) is 0.462. The van der Waals surface area contributed by atoms with Crippen LogP contribution in [0.2, 0.25) is 0 Å². The molecule has 1 aliphatic rings. The van der Waals surface area contributed by atoms with Crippen LogP contribution in [-0.2, 0) is 14.8 Å². The molecule has 0 bridgehead atoms. The Morgan fingerprint density at radius 1 is 1.38 bits per heavy atom. The van der Waals surface area contributed by atoms with Gasteiger partial charge in [-0.3, -0.25) is 4.79 Å². The molecule has 0 N–H and O–H groups in total. The van der Waals surface area contributed by atoms with Gasteiger partial charge >= 0.3 is 0 Å². The highest BCUT2D eigenvalue weighted by Crippen LogP contribution is 2.21. The monoisotopic (exact) mass is 378 g/mol. The molecule has 1 aromatic rings. The minimum atomic E-state index is -3.88. The molecule has 0 atom stereocenters. The lowest BCUT2D eigenvalue weighted by atomic mass is 10.3. The second-order valence-corrected chi connectivity index (χ2v) is 7.82. The quantitative estimate of drug-likeness (QED) is 0.802. The van der Waals surface area contributed by atoms with E-state index < -0.39 is 15.8 Å². The Bertz CT molecular complexity index is 645. The van der Waals surface area contributed by atoms with E-state index in [1.807, 2.05) is 0 Å². The summed E-state index contributed by atoms with van der Waals surface area (Å²) in [7, 11) is -2.56. The van der Waals surface area contributed by atoms with Gasteiger partial charge in [-0.25, -0.2) is 12.8 Å². The van der Waals surface area contributed by atoms with Gasteiger partial charge in [0, 0.05) is 20.1 Å². The van der Waals surface area contributed by atoms with Crippen molar-refractivity contribution in [3.63, 3.8) is 0 Å². The third-order valence-electron chi connectivity index (χ3n) is 3.42. The van der Waals surface area contributed by atoms with Gasteiger partial charge in [0.25, 0.3) is 0 Å². The van der Waals surface area contributed by atoms with Gasteiger partial charge < -0.3 is 4.90 Å². The van der Waals surface area contributed by atoms with Crippen molar-refractivity contribution in [3.05, 3.63) is 28.5 Å². The Kier molecular flexibility index (Phi) is 5.00. The lowest BCUT2D eigenvalue weighted by Gasteiger charge is -2.21. The summed E-state index contributed by atoms with van der Waals surface area (Å²) >= 11 is 2.97. The molecule has 1 fully saturated rings. The zero-order valence-corrected chi connectivity index (χ0v) is 14.0. The number of sulfonamides is 1. The molecule has 1 saturated heterocycles. The number of rotatable bonds is 4. The van der Waals surface area contributed by atoms with E-state index >= 15 is 0 Å². The SMILES string of the molecule is CN(CC(=O)N1CCCC1)S(=O)(=O)c1ccc(Br)c(F)c1. The molecule has 116 valence electrons. The van der Waals surface area contributed by atoms with Crippen LogP contribution in [0.5, 0.6) is 0 Å². The minimum absolute atomic E-state index is 0.167. The molecule has 1 aromatic carbocycles. The smallest absolute Gasteiger partial charge is 0.243 e. The number of halogens is 2. The van der Waals surface area contributed by atoms with Gasteiger partial charge in [0.1, 0.15) is 5.82 Å². The van der Waals surface area contributed by atoms with Crippen molar-refractivity contribution in [2.45, 2.75) is 17.7 Å². The average molecular weight is 379 g/mol. The molecule has 0 unspecified atom stereocenters. The molecular formula is C13H16BrFN2O3S. The molecule has 1 amide bonds. The minimum Gasteiger partial charge on any atom is -0.342 e. The molecule has 0 radical (unpaired) electrons. The summed E-state index contributed by atoms with van der Waals surface area (Å²) < 4.78 is 39.3. The number of amides is 1. The van der Waals surface area contributed by atoms with Crippen molar-refractivity contribution in [3.8, 4) is 0 Å². The van der Waals surface area contributed by atoms with Crippen molar-refractivity contribution in [2.24, 2.45) is 0 Å². The van der Waals surface area contributed by atoms with Gasteiger partial charge in [0.05, 0.1) is 15.9 Å². The Balaban J connectivity index is 2.14. The molecule has 1 heterocycles. The van der Waals surface area contributed by atoms with Crippen LogP contribution < -0.4 is 0 Å². The maximum Gasteiger partial charge on any atom is 0.243 e. The summed E-state index contributed by atoms with van der Waals surface area (Å²) in [6, 6.07) is 3.58. The lowest BCUT2D eigenvalue weighted by Crippen LogP contribution is -2.39. The normalized spacial score (nSPS) is 15.7. The summed E-state index contributed by atoms with van der Waals surface area (Å²) in [5, 5.41) is 0. The second kappa shape index (κ2) is 6.41. The zero-order chi connectivity index (χ0) is 15.6. The van der Waals surface area contributed by atoms with Gasteiger partial charge in [-0.2, -0.15) is 4.31 Å². The Hall–Kier alpha value is -0.990. The summed E-state index contributed by atoms with van der Waals surface area (Å²) in [6.45, 7) is 1.10. The molecule has 1 aliphatic heterocycles. The van der Waals surface area contributed by atoms with Crippen molar-refractivity contribution in [2.75, 3.05) is 26.7 Å². The van der Waals surface area contributed by atoms with Crippen LogP contribution in [-0.4, -0.2) is 50.2 Å². The van der Waals surface area contributed by atoms with E-state index in [-0.39, 0.29) is 21.8 Å². The van der Waals surface area contributed by atoms with E-state index in [1.165, 1.54) is 19.2 Å². The molecule has 0 aliphatic carbocycles. The fourth-order valence-corrected chi connectivity index (χ4v) is 3.54. The van der Waals surface area contributed by atoms with Crippen molar-refractivity contribution in [1.29, 1.82) is 0 Å². The maximum atomic E-state index is 13.5. The number of nitrogens with zero attached hydrogens (tertiary/aromatic N) is 2. The lowest BCUT2D eigenvalue weighted by molar-refractivity contribution is -0.130. The van der Waals surface area contributed by atoms with Gasteiger partial charge in [0.2, 0.25) is 15.9 Å². The first-order valence-electron chi connectivity index (χ1n) is 6.51. The van der Waals surface area contributed by atoms with Crippen LogP contribution in [0, 0.1) is 5.82 Å². The Morgan fingerprint density at radius 3 is 2.57 bits per heavy atom. The maximum absolute atomic E-state index is 13.5. The van der Waals surface area contributed by atoms with E-state index in [0.717, 1.165) is 23.2 Å². The molecule has 8 heteroatoms. The van der Waals surface area contributed by atoms with Gasteiger partial charge in [-0.05, 0) is 47.0 Å². The number of likely N-dealkylation sites (tertiary alicyclic amines) is 1. The summed E-state index contributed by atoms with van der Waals surface area (Å²) in [5.41, 5.74) is 0. The number of hydrogen-bond donors (Lipinski definition) is 0. The predicted octanol–water partition coefficient (Wildman–Crippen LogP) is 1.83. The van der Waals surface area contributed by atoms with Crippen LogP contribution in [0.25, 0.3) is 0 Å².